The van der Waals surface area contributed by atoms with Crippen LogP contribution in [0.5, 0.6) is 11.5 Å². The van der Waals surface area contributed by atoms with Gasteiger partial charge in [-0.25, -0.2) is 8.42 Å². The normalized spacial score (nSPS) is 11.0. The highest BCUT2D eigenvalue weighted by Crippen LogP contribution is 2.27. The molecule has 0 saturated carbocycles. The maximum Gasteiger partial charge on any atom is 0.245 e. The molecule has 0 spiro atoms. The molecule has 0 atom stereocenters. The summed E-state index contributed by atoms with van der Waals surface area (Å²) in [4.78, 5) is 12.5. The highest BCUT2D eigenvalue weighted by molar-refractivity contribution is 7.92. The van der Waals surface area contributed by atoms with Gasteiger partial charge in [-0.05, 0) is 54.6 Å². The monoisotopic (exact) mass is 464 g/mol. The van der Waals surface area contributed by atoms with Crippen molar-refractivity contribution in [2.45, 2.75) is 0 Å². The SMILES string of the molecule is CS(=O)(=O)N(CC(=O)Nc1ccc(Oc2ccccc2)cc1)c1cc(Cl)cc(Cl)c1. The fourth-order valence-electron chi connectivity index (χ4n) is 2.65. The van der Waals surface area contributed by atoms with Gasteiger partial charge in [-0.1, -0.05) is 41.4 Å². The van der Waals surface area contributed by atoms with E-state index < -0.39 is 22.5 Å². The number of hydrogen-bond acceptors (Lipinski definition) is 4. The van der Waals surface area contributed by atoms with Crippen molar-refractivity contribution in [1.29, 1.82) is 0 Å². The van der Waals surface area contributed by atoms with E-state index in [-0.39, 0.29) is 15.7 Å². The second-order valence-electron chi connectivity index (χ2n) is 6.38. The molecule has 0 aliphatic carbocycles. The standard InChI is InChI=1S/C21H18Cl2N2O4S/c1-30(27,28)25(18-12-15(22)11-16(23)13-18)14-21(26)24-17-7-9-20(10-8-17)29-19-5-3-2-4-6-19/h2-13H,14H2,1H3,(H,24,26). The van der Waals surface area contributed by atoms with Gasteiger partial charge in [0.2, 0.25) is 15.9 Å². The molecule has 3 aromatic rings. The second-order valence-corrected chi connectivity index (χ2v) is 9.16. The Morgan fingerprint density at radius 2 is 1.50 bits per heavy atom. The number of hydrogen-bond donors (Lipinski definition) is 1. The summed E-state index contributed by atoms with van der Waals surface area (Å²) in [6.45, 7) is -0.433. The molecule has 0 aliphatic heterocycles. The molecule has 156 valence electrons. The minimum Gasteiger partial charge on any atom is -0.457 e. The van der Waals surface area contributed by atoms with Crippen molar-refractivity contribution in [3.8, 4) is 11.5 Å². The Morgan fingerprint density at radius 3 is 2.07 bits per heavy atom. The van der Waals surface area contributed by atoms with Crippen LogP contribution in [0.3, 0.4) is 0 Å². The Labute approximate surface area is 185 Å². The molecular formula is C21H18Cl2N2O4S. The highest BCUT2D eigenvalue weighted by Gasteiger charge is 2.21. The third-order valence-electron chi connectivity index (χ3n) is 3.94. The van der Waals surface area contributed by atoms with E-state index in [1.807, 2.05) is 30.3 Å². The van der Waals surface area contributed by atoms with E-state index in [4.69, 9.17) is 27.9 Å². The lowest BCUT2D eigenvalue weighted by molar-refractivity contribution is -0.114. The number of sulfonamides is 1. The van der Waals surface area contributed by atoms with Crippen LogP contribution in [-0.4, -0.2) is 27.1 Å². The maximum atomic E-state index is 12.5. The quantitative estimate of drug-likeness (QED) is 0.521. The van der Waals surface area contributed by atoms with Crippen molar-refractivity contribution >= 4 is 50.5 Å². The summed E-state index contributed by atoms with van der Waals surface area (Å²) in [5.74, 6) is 0.775. The molecule has 0 unspecified atom stereocenters. The Kier molecular flexibility index (Phi) is 6.87. The second kappa shape index (κ2) is 9.38. The number of halogens is 2. The van der Waals surface area contributed by atoms with Gasteiger partial charge in [0.05, 0.1) is 11.9 Å². The first-order valence-corrected chi connectivity index (χ1v) is 11.4. The van der Waals surface area contributed by atoms with Crippen molar-refractivity contribution in [3.63, 3.8) is 0 Å². The van der Waals surface area contributed by atoms with E-state index in [2.05, 4.69) is 5.32 Å². The van der Waals surface area contributed by atoms with Gasteiger partial charge in [-0.2, -0.15) is 0 Å². The topological polar surface area (TPSA) is 75.7 Å². The van der Waals surface area contributed by atoms with E-state index in [0.29, 0.717) is 17.2 Å². The minimum atomic E-state index is -3.74. The van der Waals surface area contributed by atoms with Crippen LogP contribution < -0.4 is 14.4 Å². The number of nitrogens with zero attached hydrogens (tertiary/aromatic N) is 1. The van der Waals surface area contributed by atoms with Crippen LogP contribution >= 0.6 is 23.2 Å². The van der Waals surface area contributed by atoms with Crippen LogP contribution in [-0.2, 0) is 14.8 Å². The molecule has 30 heavy (non-hydrogen) atoms. The number of benzene rings is 3. The Hall–Kier alpha value is -2.74. The molecular weight excluding hydrogens is 447 g/mol. The summed E-state index contributed by atoms with van der Waals surface area (Å²) in [5.41, 5.74) is 0.703. The Morgan fingerprint density at radius 1 is 0.933 bits per heavy atom. The predicted octanol–water partition coefficient (Wildman–Crippen LogP) is 5.19. The first kappa shape index (κ1) is 22.0. The zero-order valence-electron chi connectivity index (χ0n) is 15.9. The molecule has 9 heteroatoms. The number of carbonyl (C=O) groups excluding carboxylic acids is 1. The first-order valence-electron chi connectivity index (χ1n) is 8.77. The molecule has 1 amide bonds. The van der Waals surface area contributed by atoms with Crippen molar-refractivity contribution in [2.24, 2.45) is 0 Å². The lowest BCUT2D eigenvalue weighted by atomic mass is 10.3. The molecule has 0 saturated heterocycles. The summed E-state index contributed by atoms with van der Waals surface area (Å²) in [5, 5.41) is 3.20. The summed E-state index contributed by atoms with van der Waals surface area (Å²) >= 11 is 11.9. The molecule has 0 aromatic heterocycles. The molecule has 0 radical (unpaired) electrons. The summed E-state index contributed by atoms with van der Waals surface area (Å²) in [6.07, 6.45) is 1.00. The van der Waals surface area contributed by atoms with E-state index in [9.17, 15) is 13.2 Å². The lowest BCUT2D eigenvalue weighted by Crippen LogP contribution is -2.37. The van der Waals surface area contributed by atoms with Gasteiger partial charge in [0, 0.05) is 15.7 Å². The number of rotatable bonds is 7. The van der Waals surface area contributed by atoms with Crippen LogP contribution in [0.15, 0.2) is 72.8 Å². The lowest BCUT2D eigenvalue weighted by Gasteiger charge is -2.22. The molecule has 0 fully saturated rings. The number of anilines is 2. The molecule has 1 N–H and O–H groups in total. The van der Waals surface area contributed by atoms with Gasteiger partial charge in [-0.3, -0.25) is 9.10 Å². The summed E-state index contributed by atoms with van der Waals surface area (Å²) in [7, 11) is -3.74. The van der Waals surface area contributed by atoms with Gasteiger partial charge in [0.15, 0.2) is 0 Å². The fraction of sp³-hybridized carbons (Fsp3) is 0.0952. The third kappa shape index (κ3) is 6.13. The van der Waals surface area contributed by atoms with Crippen molar-refractivity contribution < 1.29 is 17.9 Å². The van der Waals surface area contributed by atoms with Gasteiger partial charge >= 0.3 is 0 Å². The molecule has 3 aromatic carbocycles. The zero-order chi connectivity index (χ0) is 21.7. The fourth-order valence-corrected chi connectivity index (χ4v) is 4.00. The largest absolute Gasteiger partial charge is 0.457 e. The van der Waals surface area contributed by atoms with E-state index >= 15 is 0 Å². The van der Waals surface area contributed by atoms with Gasteiger partial charge in [0.25, 0.3) is 0 Å². The summed E-state index contributed by atoms with van der Waals surface area (Å²) in [6, 6.07) is 20.4. The van der Waals surface area contributed by atoms with Crippen LogP contribution in [0.25, 0.3) is 0 Å². The van der Waals surface area contributed by atoms with Crippen molar-refractivity contribution in [1.82, 2.24) is 0 Å². The highest BCUT2D eigenvalue weighted by atomic mass is 35.5. The smallest absolute Gasteiger partial charge is 0.245 e. The summed E-state index contributed by atoms with van der Waals surface area (Å²) < 4.78 is 31.0. The first-order chi connectivity index (χ1) is 14.2. The average Bonchev–Trinajstić information content (AvgIpc) is 2.67. The number of nitrogens with one attached hydrogen (secondary N) is 1. The third-order valence-corrected chi connectivity index (χ3v) is 5.52. The van der Waals surface area contributed by atoms with E-state index in [0.717, 1.165) is 10.6 Å². The van der Waals surface area contributed by atoms with Crippen LogP contribution in [0.1, 0.15) is 0 Å². The van der Waals surface area contributed by atoms with Crippen LogP contribution in [0.4, 0.5) is 11.4 Å². The number of para-hydroxylation sites is 1. The maximum absolute atomic E-state index is 12.5. The Balaban J connectivity index is 1.69. The zero-order valence-corrected chi connectivity index (χ0v) is 18.2. The number of ether oxygens (including phenoxy) is 1. The average molecular weight is 465 g/mol. The van der Waals surface area contributed by atoms with E-state index in [1.54, 1.807) is 24.3 Å². The van der Waals surface area contributed by atoms with Gasteiger partial charge in [-0.15, -0.1) is 0 Å². The van der Waals surface area contributed by atoms with Crippen molar-refractivity contribution in [2.75, 3.05) is 22.4 Å². The van der Waals surface area contributed by atoms with Crippen LogP contribution in [0.2, 0.25) is 10.0 Å². The number of amides is 1. The minimum absolute atomic E-state index is 0.205. The Bertz CT molecular complexity index is 1120. The van der Waals surface area contributed by atoms with Crippen LogP contribution in [0, 0.1) is 0 Å². The molecule has 3 rings (SSSR count). The van der Waals surface area contributed by atoms with Gasteiger partial charge in [0.1, 0.15) is 18.0 Å². The van der Waals surface area contributed by atoms with Gasteiger partial charge < -0.3 is 10.1 Å². The van der Waals surface area contributed by atoms with Crippen molar-refractivity contribution in [3.05, 3.63) is 82.8 Å². The molecule has 0 heterocycles. The number of carbonyl (C=O) groups is 1. The van der Waals surface area contributed by atoms with E-state index in [1.165, 1.54) is 18.2 Å². The predicted molar refractivity (Wildman–Crippen MR) is 120 cm³/mol. The molecule has 0 bridgehead atoms. The molecule has 0 aliphatic rings. The molecule has 6 nitrogen and oxygen atoms in total.